The van der Waals surface area contributed by atoms with E-state index in [0.717, 1.165) is 10.6 Å². The lowest BCUT2D eigenvalue weighted by Gasteiger charge is -2.35. The molecule has 0 bridgehead atoms. The number of carboxylic acid groups (broad SMARTS) is 1. The summed E-state index contributed by atoms with van der Waals surface area (Å²) in [5.74, 6) is -1.24. The summed E-state index contributed by atoms with van der Waals surface area (Å²) >= 11 is 1.62. The minimum Gasteiger partial charge on any atom is -0.481 e. The average molecular weight is 344 g/mol. The maximum atomic E-state index is 12.8. The lowest BCUT2D eigenvalue weighted by atomic mass is 9.87. The largest absolute Gasteiger partial charge is 0.481 e. The van der Waals surface area contributed by atoms with Crippen molar-refractivity contribution in [3.8, 4) is 10.6 Å². The summed E-state index contributed by atoms with van der Waals surface area (Å²) in [6.45, 7) is 4.69. The monoisotopic (exact) mass is 344 g/mol. The second-order valence-corrected chi connectivity index (χ2v) is 7.22. The quantitative estimate of drug-likeness (QED) is 0.927. The molecule has 24 heavy (non-hydrogen) atoms. The van der Waals surface area contributed by atoms with Crippen molar-refractivity contribution in [2.24, 2.45) is 11.8 Å². The Bertz CT molecular complexity index is 758. The zero-order valence-electron chi connectivity index (χ0n) is 13.7. The molecule has 3 rings (SSSR count). The Morgan fingerprint density at radius 1 is 1.33 bits per heavy atom. The lowest BCUT2D eigenvalue weighted by Crippen LogP contribution is -2.45. The summed E-state index contributed by atoms with van der Waals surface area (Å²) in [5.41, 5.74) is 2.17. The van der Waals surface area contributed by atoms with Gasteiger partial charge in [0.05, 0.1) is 27.7 Å². The molecule has 0 aliphatic carbocycles. The van der Waals surface area contributed by atoms with Gasteiger partial charge in [-0.15, -0.1) is 11.3 Å². The van der Waals surface area contributed by atoms with E-state index in [9.17, 15) is 14.7 Å². The van der Waals surface area contributed by atoms with Crippen LogP contribution in [0.25, 0.3) is 10.6 Å². The van der Waals surface area contributed by atoms with E-state index in [0.29, 0.717) is 30.8 Å². The number of carbonyl (C=O) groups is 2. The van der Waals surface area contributed by atoms with Crippen LogP contribution in [0.2, 0.25) is 0 Å². The standard InChI is InChI=1S/C18H20N2O3S/c1-11-10-20(8-7-13(11)18(22)23)17(21)14-5-6-15(19-12(14)2)16-4-3-9-24-16/h3-6,9,11,13H,7-8,10H2,1-2H3,(H,22,23). The van der Waals surface area contributed by atoms with E-state index in [1.54, 1.807) is 16.2 Å². The maximum Gasteiger partial charge on any atom is 0.306 e. The first-order chi connectivity index (χ1) is 11.5. The van der Waals surface area contributed by atoms with Crippen LogP contribution in [-0.2, 0) is 4.79 Å². The van der Waals surface area contributed by atoms with E-state index in [4.69, 9.17) is 0 Å². The van der Waals surface area contributed by atoms with Gasteiger partial charge in [0.1, 0.15) is 0 Å². The third-order valence-electron chi connectivity index (χ3n) is 4.60. The molecule has 1 fully saturated rings. The van der Waals surface area contributed by atoms with Gasteiger partial charge in [-0.3, -0.25) is 14.6 Å². The van der Waals surface area contributed by atoms with Crippen LogP contribution in [0.4, 0.5) is 0 Å². The van der Waals surface area contributed by atoms with E-state index in [1.165, 1.54) is 0 Å². The number of thiophene rings is 1. The SMILES string of the molecule is Cc1nc(-c2cccs2)ccc1C(=O)N1CCC(C(=O)O)C(C)C1. The fourth-order valence-electron chi connectivity index (χ4n) is 3.22. The third-order valence-corrected chi connectivity index (χ3v) is 5.49. The summed E-state index contributed by atoms with van der Waals surface area (Å²) in [6, 6.07) is 7.68. The van der Waals surface area contributed by atoms with Crippen molar-refractivity contribution in [3.63, 3.8) is 0 Å². The van der Waals surface area contributed by atoms with Crippen LogP contribution in [0.1, 0.15) is 29.4 Å². The lowest BCUT2D eigenvalue weighted by molar-refractivity contribution is -0.145. The van der Waals surface area contributed by atoms with Crippen molar-refractivity contribution in [3.05, 3.63) is 40.9 Å². The van der Waals surface area contributed by atoms with E-state index in [2.05, 4.69) is 4.98 Å². The normalized spacial score (nSPS) is 20.8. The predicted octanol–water partition coefficient (Wildman–Crippen LogP) is 3.30. The molecular formula is C18H20N2O3S. The van der Waals surface area contributed by atoms with E-state index < -0.39 is 5.97 Å². The van der Waals surface area contributed by atoms with Gasteiger partial charge in [0.25, 0.3) is 5.91 Å². The number of likely N-dealkylation sites (tertiary alicyclic amines) is 1. The summed E-state index contributed by atoms with van der Waals surface area (Å²) in [6.07, 6.45) is 0.502. The second-order valence-electron chi connectivity index (χ2n) is 6.27. The summed E-state index contributed by atoms with van der Waals surface area (Å²) in [4.78, 5) is 31.4. The molecule has 0 aromatic carbocycles. The van der Waals surface area contributed by atoms with Gasteiger partial charge in [0.2, 0.25) is 0 Å². The number of hydrogen-bond acceptors (Lipinski definition) is 4. The fourth-order valence-corrected chi connectivity index (χ4v) is 3.91. The van der Waals surface area contributed by atoms with Gasteiger partial charge in [-0.25, -0.2) is 0 Å². The molecule has 0 saturated carbocycles. The molecule has 126 valence electrons. The molecule has 2 aromatic rings. The van der Waals surface area contributed by atoms with Crippen LogP contribution in [0.5, 0.6) is 0 Å². The van der Waals surface area contributed by atoms with Crippen LogP contribution in [-0.4, -0.2) is 40.0 Å². The molecule has 2 aromatic heterocycles. The Kier molecular flexibility index (Phi) is 4.66. The van der Waals surface area contributed by atoms with Crippen molar-refractivity contribution in [2.45, 2.75) is 20.3 Å². The number of rotatable bonds is 3. The smallest absolute Gasteiger partial charge is 0.306 e. The summed E-state index contributed by atoms with van der Waals surface area (Å²) in [7, 11) is 0. The first-order valence-electron chi connectivity index (χ1n) is 8.01. The molecule has 2 unspecified atom stereocenters. The first kappa shape index (κ1) is 16.6. The number of amides is 1. The number of aromatic nitrogens is 1. The molecule has 1 N–H and O–H groups in total. The highest BCUT2D eigenvalue weighted by molar-refractivity contribution is 7.13. The topological polar surface area (TPSA) is 70.5 Å². The molecule has 0 radical (unpaired) electrons. The Morgan fingerprint density at radius 2 is 2.12 bits per heavy atom. The number of nitrogens with zero attached hydrogens (tertiary/aromatic N) is 2. The summed E-state index contributed by atoms with van der Waals surface area (Å²) < 4.78 is 0. The van der Waals surface area contributed by atoms with Gasteiger partial charge < -0.3 is 10.0 Å². The molecule has 5 nitrogen and oxygen atoms in total. The van der Waals surface area contributed by atoms with E-state index in [-0.39, 0.29) is 17.7 Å². The number of aryl methyl sites for hydroxylation is 1. The highest BCUT2D eigenvalue weighted by Crippen LogP contribution is 2.27. The molecule has 2 atom stereocenters. The van der Waals surface area contributed by atoms with E-state index in [1.807, 2.05) is 43.5 Å². The molecule has 1 aliphatic rings. The van der Waals surface area contributed by atoms with Crippen molar-refractivity contribution in [2.75, 3.05) is 13.1 Å². The highest BCUT2D eigenvalue weighted by atomic mass is 32.1. The van der Waals surface area contributed by atoms with Crippen LogP contribution in [0.3, 0.4) is 0 Å². The van der Waals surface area contributed by atoms with Gasteiger partial charge in [-0.2, -0.15) is 0 Å². The molecule has 1 aliphatic heterocycles. The van der Waals surface area contributed by atoms with Crippen molar-refractivity contribution in [1.29, 1.82) is 0 Å². The first-order valence-corrected chi connectivity index (χ1v) is 8.89. The van der Waals surface area contributed by atoms with Gasteiger partial charge in [-0.05, 0) is 42.8 Å². The Hall–Kier alpha value is -2.21. The number of carbonyl (C=O) groups excluding carboxylic acids is 1. The second kappa shape index (κ2) is 6.73. The third kappa shape index (κ3) is 3.19. The Labute approximate surface area is 145 Å². The van der Waals surface area contributed by atoms with Crippen molar-refractivity contribution in [1.82, 2.24) is 9.88 Å². The number of carboxylic acids is 1. The highest BCUT2D eigenvalue weighted by Gasteiger charge is 2.33. The molecular weight excluding hydrogens is 324 g/mol. The average Bonchev–Trinajstić information content (AvgIpc) is 3.08. The maximum absolute atomic E-state index is 12.8. The van der Waals surface area contributed by atoms with E-state index >= 15 is 0 Å². The molecule has 0 spiro atoms. The van der Waals surface area contributed by atoms with Gasteiger partial charge in [0, 0.05) is 13.1 Å². The van der Waals surface area contributed by atoms with Crippen LogP contribution >= 0.6 is 11.3 Å². The molecule has 6 heteroatoms. The molecule has 1 saturated heterocycles. The minimum absolute atomic E-state index is 0.0427. The van der Waals surface area contributed by atoms with Gasteiger partial charge in [-0.1, -0.05) is 13.0 Å². The number of aliphatic carboxylic acids is 1. The number of hydrogen-bond donors (Lipinski definition) is 1. The van der Waals surface area contributed by atoms with Crippen LogP contribution in [0, 0.1) is 18.8 Å². The van der Waals surface area contributed by atoms with Crippen molar-refractivity contribution < 1.29 is 14.7 Å². The van der Waals surface area contributed by atoms with Gasteiger partial charge in [0.15, 0.2) is 0 Å². The fraction of sp³-hybridized carbons (Fsp3) is 0.389. The number of piperidine rings is 1. The van der Waals surface area contributed by atoms with Crippen LogP contribution < -0.4 is 0 Å². The zero-order valence-corrected chi connectivity index (χ0v) is 14.5. The minimum atomic E-state index is -0.771. The summed E-state index contributed by atoms with van der Waals surface area (Å²) in [5, 5.41) is 11.2. The number of pyridine rings is 1. The molecule has 3 heterocycles. The zero-order chi connectivity index (χ0) is 17.3. The van der Waals surface area contributed by atoms with Crippen LogP contribution in [0.15, 0.2) is 29.6 Å². The predicted molar refractivity (Wildman–Crippen MR) is 93.1 cm³/mol. The Balaban J connectivity index is 1.77. The molecule has 1 amide bonds. The van der Waals surface area contributed by atoms with Crippen molar-refractivity contribution >= 4 is 23.2 Å². The van der Waals surface area contributed by atoms with Gasteiger partial charge >= 0.3 is 5.97 Å². The Morgan fingerprint density at radius 3 is 2.71 bits per heavy atom.